The molecule has 0 saturated carbocycles. The molecule has 2 fully saturated rings. The second kappa shape index (κ2) is 44.6. The van der Waals surface area contributed by atoms with Crippen LogP contribution in [0, 0.1) is 0 Å². The number of hydrogen-bond donors (Lipinski definition) is 11. The number of carboxylic acid groups (broad SMARTS) is 7. The number of urea groups is 1. The number of nitrogens with zero attached hydrogens (tertiary/aromatic N) is 10. The van der Waals surface area contributed by atoms with Crippen LogP contribution >= 0.6 is 0 Å². The summed E-state index contributed by atoms with van der Waals surface area (Å²) in [5.41, 5.74) is 1.56. The van der Waals surface area contributed by atoms with Crippen LogP contribution in [0.5, 0.6) is 0 Å². The Morgan fingerprint density at radius 2 is 1.09 bits per heavy atom. The van der Waals surface area contributed by atoms with E-state index in [0.717, 1.165) is 76.6 Å². The fourth-order valence-corrected chi connectivity index (χ4v) is 10.0. The standard InChI is InChI=1S/C55H88N14O16.2CO2/c1-63-23-24-66(36-47(75)76)25-26-67(37-48(77)78)29-32-69(38-49(79)80)41(34-63)33-39-15-17-40(18-16-39)57-52-60-53(64(2)35-46(73)74)62-54(61-52)68-30-27-65(28-31-68)22-12-8-6-4-3-5-7-9-14-44(70)56-21-11-10-13-42(50(81)82)58-55(85)59-43(51(83)84)19-20-45(71)72;2*2-1-3/h15-18,41-43H,3-14,19-38H2,1-2H3,(H,56,70)(H,71,72)(H,73,74)(H,75,76)(H,77,78)(H,79,80)(H,81,82)(H,83,84)(H2,58,59,85)(H,57,60,61,62);;/t41?,42-,43-;;/m0../s1. The first-order valence-electron chi connectivity index (χ1n) is 29.9. The highest BCUT2D eigenvalue weighted by Crippen LogP contribution is 2.23. The third kappa shape index (κ3) is 35.3. The minimum Gasteiger partial charge on any atom is -0.481 e. The van der Waals surface area contributed by atoms with Crippen LogP contribution in [-0.2, 0) is 64.0 Å². The smallest absolute Gasteiger partial charge is 0.373 e. The molecule has 0 radical (unpaired) electrons. The molecule has 0 aliphatic carbocycles. The van der Waals surface area contributed by atoms with Crippen LogP contribution in [0.1, 0.15) is 95.5 Å². The summed E-state index contributed by atoms with van der Waals surface area (Å²) in [6, 6.07) is 3.43. The Morgan fingerprint density at radius 1 is 0.571 bits per heavy atom. The number of carboxylic acids is 7. The summed E-state index contributed by atoms with van der Waals surface area (Å²) in [4.78, 5) is 165. The van der Waals surface area contributed by atoms with Crippen LogP contribution < -0.4 is 31.1 Å². The molecule has 3 heterocycles. The lowest BCUT2D eigenvalue weighted by molar-refractivity contribution is -0.193. The van der Waals surface area contributed by atoms with Gasteiger partial charge in [0, 0.05) is 110 Å². The number of rotatable bonds is 37. The van der Waals surface area contributed by atoms with Crippen LogP contribution in [0.4, 0.5) is 28.3 Å². The number of nitrogens with one attached hydrogen (secondary N) is 4. The number of carbonyl (C=O) groups excluding carboxylic acids is 6. The SMILES string of the molecule is CN1CCN(CC(=O)O)CCN(CC(=O)O)CCN(CC(=O)O)C(Cc2ccc(Nc3nc(N(C)CC(=O)O)nc(N4CCN(CCCCCCCCCCC(=O)NCCCC[C@H](NC(=O)N[C@@H](CCC(=O)O)C(=O)O)C(=O)O)CC4)n3)cc2)C1.O=C=O.O=C=O. The van der Waals surface area contributed by atoms with E-state index in [1.807, 2.05) is 36.2 Å². The maximum atomic E-state index is 12.4. The van der Waals surface area contributed by atoms with Crippen molar-refractivity contribution < 1.29 is 98.1 Å². The van der Waals surface area contributed by atoms with Crippen molar-refractivity contribution in [3.05, 3.63) is 29.8 Å². The molecule has 11 N–H and O–H groups in total. The normalized spacial score (nSPS) is 15.9. The Labute approximate surface area is 526 Å². The Hall–Kier alpha value is -8.78. The van der Waals surface area contributed by atoms with E-state index >= 15 is 0 Å². The number of anilines is 4. The lowest BCUT2D eigenvalue weighted by atomic mass is 10.0. The molecule has 3 amide bonds. The fraction of sp³-hybridized carbons (Fsp3) is 0.649. The molecule has 4 rings (SSSR count). The van der Waals surface area contributed by atoms with Crippen molar-refractivity contribution in [2.24, 2.45) is 0 Å². The van der Waals surface area contributed by atoms with Crippen molar-refractivity contribution in [3.63, 3.8) is 0 Å². The predicted octanol–water partition coefficient (Wildman–Crippen LogP) is -0.0249. The first-order chi connectivity index (χ1) is 43.4. The number of carbonyl (C=O) groups is 9. The Morgan fingerprint density at radius 3 is 1.63 bits per heavy atom. The van der Waals surface area contributed by atoms with E-state index in [0.29, 0.717) is 89.7 Å². The molecule has 0 bridgehead atoms. The van der Waals surface area contributed by atoms with E-state index in [2.05, 4.69) is 45.9 Å². The molecule has 1 unspecified atom stereocenters. The predicted molar refractivity (Wildman–Crippen MR) is 321 cm³/mol. The molecule has 2 saturated heterocycles. The molecule has 1 aromatic heterocycles. The molecular weight excluding hydrogens is 1200 g/mol. The summed E-state index contributed by atoms with van der Waals surface area (Å²) in [6.07, 6.45) is 9.47. The molecule has 91 heavy (non-hydrogen) atoms. The second-order valence-corrected chi connectivity index (χ2v) is 21.9. The van der Waals surface area contributed by atoms with Gasteiger partial charge in [-0.05, 0) is 76.2 Å². The van der Waals surface area contributed by atoms with Gasteiger partial charge in [0.25, 0.3) is 0 Å². The molecule has 1 aromatic carbocycles. The maximum absolute atomic E-state index is 12.4. The molecule has 2 aliphatic heterocycles. The van der Waals surface area contributed by atoms with Crippen molar-refractivity contribution >= 4 is 89.6 Å². The van der Waals surface area contributed by atoms with E-state index in [-0.39, 0.29) is 88.3 Å². The number of likely N-dealkylation sites (N-methyl/N-ethyl adjacent to an activating group) is 2. The van der Waals surface area contributed by atoms with E-state index in [9.17, 15) is 73.8 Å². The van der Waals surface area contributed by atoms with Gasteiger partial charge in [-0.2, -0.15) is 34.1 Å². The lowest BCUT2D eigenvalue weighted by Gasteiger charge is -2.37. The van der Waals surface area contributed by atoms with Gasteiger partial charge in [0.1, 0.15) is 18.6 Å². The zero-order valence-corrected chi connectivity index (χ0v) is 51.6. The van der Waals surface area contributed by atoms with Gasteiger partial charge in [-0.1, -0.05) is 50.7 Å². The number of amides is 3. The number of hydrogen-bond acceptors (Lipinski definition) is 24. The van der Waals surface area contributed by atoms with Crippen LogP contribution in [0.25, 0.3) is 0 Å². The van der Waals surface area contributed by atoms with E-state index in [1.54, 1.807) is 16.8 Å². The molecule has 0 spiro atoms. The molecule has 2 aromatic rings. The Bertz CT molecular complexity index is 2660. The zero-order chi connectivity index (χ0) is 67.7. The summed E-state index contributed by atoms with van der Waals surface area (Å²) in [5.74, 6) is -7.34. The van der Waals surface area contributed by atoms with Crippen LogP contribution in [0.15, 0.2) is 24.3 Å². The molecule has 3 atom stereocenters. The van der Waals surface area contributed by atoms with Crippen molar-refractivity contribution in [1.82, 2.24) is 55.4 Å². The minimum atomic E-state index is -1.49. The highest BCUT2D eigenvalue weighted by atomic mass is 16.4. The second-order valence-electron chi connectivity index (χ2n) is 21.9. The first kappa shape index (κ1) is 78.3. The number of aromatic nitrogens is 3. The van der Waals surface area contributed by atoms with Gasteiger partial charge in [-0.15, -0.1) is 0 Å². The van der Waals surface area contributed by atoms with Gasteiger partial charge in [0.15, 0.2) is 0 Å². The van der Waals surface area contributed by atoms with Crippen molar-refractivity contribution in [3.8, 4) is 0 Å². The Balaban J connectivity index is 0.00000451. The zero-order valence-electron chi connectivity index (χ0n) is 51.6. The highest BCUT2D eigenvalue weighted by Gasteiger charge is 2.28. The van der Waals surface area contributed by atoms with Gasteiger partial charge in [0.05, 0.1) is 19.6 Å². The first-order valence-corrected chi connectivity index (χ1v) is 29.9. The third-order valence-corrected chi connectivity index (χ3v) is 14.7. The van der Waals surface area contributed by atoms with Crippen molar-refractivity contribution in [2.45, 2.75) is 114 Å². The Kier molecular flexibility index (Phi) is 38.4. The summed E-state index contributed by atoms with van der Waals surface area (Å²) in [6.45, 7) is 5.70. The number of benzene rings is 1. The fourth-order valence-electron chi connectivity index (χ4n) is 10.0. The van der Waals surface area contributed by atoms with Gasteiger partial charge >= 0.3 is 60.1 Å². The average Bonchev–Trinajstić information content (AvgIpc) is 2.67. The maximum Gasteiger partial charge on any atom is 0.373 e. The summed E-state index contributed by atoms with van der Waals surface area (Å²) in [5, 5.41) is 76.6. The van der Waals surface area contributed by atoms with Crippen LogP contribution in [-0.4, -0.2) is 285 Å². The van der Waals surface area contributed by atoms with E-state index in [4.69, 9.17) is 29.3 Å². The molecule has 506 valence electrons. The lowest BCUT2D eigenvalue weighted by Crippen LogP contribution is -2.52. The summed E-state index contributed by atoms with van der Waals surface area (Å²) < 4.78 is 0. The summed E-state index contributed by atoms with van der Waals surface area (Å²) >= 11 is 0. The largest absolute Gasteiger partial charge is 0.481 e. The molecule has 34 heteroatoms. The average molecular weight is 1290 g/mol. The van der Waals surface area contributed by atoms with Gasteiger partial charge < -0.3 is 71.7 Å². The van der Waals surface area contributed by atoms with E-state index < -0.39 is 66.3 Å². The van der Waals surface area contributed by atoms with Crippen LogP contribution in [0.2, 0.25) is 0 Å². The van der Waals surface area contributed by atoms with Gasteiger partial charge in [-0.3, -0.25) is 48.4 Å². The molecular formula is C57H88N14O20. The monoisotopic (exact) mass is 1290 g/mol. The summed E-state index contributed by atoms with van der Waals surface area (Å²) in [7, 11) is 3.51. The molecule has 2 aliphatic rings. The van der Waals surface area contributed by atoms with Crippen molar-refractivity contribution in [2.75, 3.05) is 140 Å². The van der Waals surface area contributed by atoms with Crippen molar-refractivity contribution in [1.29, 1.82) is 0 Å². The minimum absolute atomic E-state index is 0.0438. The quantitative estimate of drug-likeness (QED) is 0.0396. The van der Waals surface area contributed by atoms with Gasteiger partial charge in [0.2, 0.25) is 23.8 Å². The molecule has 34 nitrogen and oxygen atoms in total. The highest BCUT2D eigenvalue weighted by molar-refractivity contribution is 5.86. The topological polar surface area (TPSA) is 473 Å². The number of aliphatic carboxylic acids is 7. The third-order valence-electron chi connectivity index (χ3n) is 14.7. The number of unbranched alkanes of at least 4 members (excludes halogenated alkanes) is 8. The van der Waals surface area contributed by atoms with E-state index in [1.165, 1.54) is 4.90 Å². The number of piperazine rings is 1. The van der Waals surface area contributed by atoms with Crippen LogP contribution in [0.3, 0.4) is 0 Å². The van der Waals surface area contributed by atoms with Gasteiger partial charge in [-0.25, -0.2) is 14.4 Å².